The fourth-order valence-electron chi connectivity index (χ4n) is 3.02. The van der Waals surface area contributed by atoms with Crippen LogP contribution in [0.1, 0.15) is 15.9 Å². The van der Waals surface area contributed by atoms with Crippen LogP contribution in [0.15, 0.2) is 91.1 Å². The molecule has 0 aliphatic rings. The Hall–Kier alpha value is -3.34. The van der Waals surface area contributed by atoms with Crippen LogP contribution in [0, 0.1) is 0 Å². The summed E-state index contributed by atoms with van der Waals surface area (Å²) in [5.41, 5.74) is 3.39. The first-order valence-corrected chi connectivity index (χ1v) is 10.4. The number of hydrogen-bond acceptors (Lipinski definition) is 3. The van der Waals surface area contributed by atoms with Crippen LogP contribution in [0.3, 0.4) is 0 Å². The standard InChI is InChI=1S/C25H18Cl2N2O2/c26-22-12-11-20(15-23(22)27)18-7-9-19(10-8-18)25(30)29-16-17-4-3-5-21(14-17)31-24-6-1-2-13-28-24/h1-15H,16H2,(H,29,30). The molecule has 0 saturated carbocycles. The van der Waals surface area contributed by atoms with Crippen LogP contribution >= 0.6 is 23.2 Å². The zero-order valence-electron chi connectivity index (χ0n) is 16.4. The molecule has 3 aromatic carbocycles. The number of hydrogen-bond donors (Lipinski definition) is 1. The smallest absolute Gasteiger partial charge is 0.251 e. The number of benzene rings is 3. The summed E-state index contributed by atoms with van der Waals surface area (Å²) in [5, 5.41) is 3.94. The number of rotatable bonds is 6. The lowest BCUT2D eigenvalue weighted by molar-refractivity contribution is 0.0951. The highest BCUT2D eigenvalue weighted by molar-refractivity contribution is 6.42. The number of nitrogens with zero attached hydrogens (tertiary/aromatic N) is 1. The van der Waals surface area contributed by atoms with Crippen LogP contribution in [0.5, 0.6) is 11.6 Å². The van der Waals surface area contributed by atoms with Crippen molar-refractivity contribution in [2.24, 2.45) is 0 Å². The molecule has 6 heteroatoms. The van der Waals surface area contributed by atoms with Crippen LogP contribution in [0.25, 0.3) is 11.1 Å². The zero-order chi connectivity index (χ0) is 21.6. The van der Waals surface area contributed by atoms with Crippen molar-refractivity contribution in [2.45, 2.75) is 6.54 Å². The molecule has 1 amide bonds. The minimum atomic E-state index is -0.156. The van der Waals surface area contributed by atoms with Gasteiger partial charge in [0.15, 0.2) is 0 Å². The number of halogens is 2. The van der Waals surface area contributed by atoms with E-state index in [2.05, 4.69) is 10.3 Å². The van der Waals surface area contributed by atoms with E-state index in [1.165, 1.54) is 0 Å². The van der Waals surface area contributed by atoms with Gasteiger partial charge in [0.25, 0.3) is 5.91 Å². The Morgan fingerprint density at radius 3 is 2.39 bits per heavy atom. The van der Waals surface area contributed by atoms with Crippen LogP contribution in [-0.2, 0) is 6.54 Å². The number of aromatic nitrogens is 1. The van der Waals surface area contributed by atoms with E-state index in [0.29, 0.717) is 33.8 Å². The molecule has 0 atom stereocenters. The summed E-state index contributed by atoms with van der Waals surface area (Å²) in [7, 11) is 0. The molecule has 0 aliphatic heterocycles. The maximum Gasteiger partial charge on any atom is 0.251 e. The van der Waals surface area contributed by atoms with Crippen molar-refractivity contribution < 1.29 is 9.53 Å². The van der Waals surface area contributed by atoms with Gasteiger partial charge in [0.1, 0.15) is 5.75 Å². The van der Waals surface area contributed by atoms with Crippen LogP contribution in [0.2, 0.25) is 10.0 Å². The summed E-state index contributed by atoms with van der Waals surface area (Å²) in [6.45, 7) is 0.382. The first kappa shape index (κ1) is 20.9. The molecule has 0 saturated heterocycles. The van der Waals surface area contributed by atoms with E-state index in [1.54, 1.807) is 36.5 Å². The molecular formula is C25H18Cl2N2O2. The molecule has 4 nitrogen and oxygen atoms in total. The van der Waals surface area contributed by atoms with Crippen LogP contribution in [0.4, 0.5) is 0 Å². The predicted molar refractivity (Wildman–Crippen MR) is 124 cm³/mol. The Morgan fingerprint density at radius 2 is 1.65 bits per heavy atom. The lowest BCUT2D eigenvalue weighted by Gasteiger charge is -2.09. The second kappa shape index (κ2) is 9.65. The van der Waals surface area contributed by atoms with Gasteiger partial charge in [-0.05, 0) is 59.2 Å². The zero-order valence-corrected chi connectivity index (χ0v) is 17.9. The Labute approximate surface area is 190 Å². The summed E-state index contributed by atoms with van der Waals surface area (Å²) >= 11 is 12.1. The van der Waals surface area contributed by atoms with Gasteiger partial charge in [0, 0.05) is 24.4 Å². The summed E-state index contributed by atoms with van der Waals surface area (Å²) < 4.78 is 5.74. The van der Waals surface area contributed by atoms with Gasteiger partial charge in [-0.2, -0.15) is 0 Å². The Balaban J connectivity index is 1.38. The first-order chi connectivity index (χ1) is 15.1. The summed E-state index contributed by atoms with van der Waals surface area (Å²) in [6, 6.07) is 25.8. The van der Waals surface area contributed by atoms with Gasteiger partial charge >= 0.3 is 0 Å². The number of ether oxygens (including phenoxy) is 1. The molecule has 1 N–H and O–H groups in total. The molecule has 154 valence electrons. The van der Waals surface area contributed by atoms with Gasteiger partial charge in [-0.3, -0.25) is 4.79 Å². The lowest BCUT2D eigenvalue weighted by Crippen LogP contribution is -2.22. The molecule has 0 unspecified atom stereocenters. The van der Waals surface area contributed by atoms with E-state index in [0.717, 1.165) is 16.7 Å². The largest absolute Gasteiger partial charge is 0.439 e. The normalized spacial score (nSPS) is 10.5. The van der Waals surface area contributed by atoms with Crippen molar-refractivity contribution >= 4 is 29.1 Å². The van der Waals surface area contributed by atoms with Crippen molar-refractivity contribution in [2.75, 3.05) is 0 Å². The predicted octanol–water partition coefficient (Wildman–Crippen LogP) is 6.78. The molecular weight excluding hydrogens is 431 g/mol. The molecule has 4 rings (SSSR count). The van der Waals surface area contributed by atoms with E-state index in [1.807, 2.05) is 54.6 Å². The average molecular weight is 449 g/mol. The summed E-state index contributed by atoms with van der Waals surface area (Å²) in [6.07, 6.45) is 1.67. The number of carbonyl (C=O) groups is 1. The highest BCUT2D eigenvalue weighted by Crippen LogP contribution is 2.28. The third kappa shape index (κ3) is 5.43. The van der Waals surface area contributed by atoms with Gasteiger partial charge in [-0.15, -0.1) is 0 Å². The molecule has 1 heterocycles. The lowest BCUT2D eigenvalue weighted by atomic mass is 10.0. The van der Waals surface area contributed by atoms with Crippen molar-refractivity contribution in [3.8, 4) is 22.8 Å². The van der Waals surface area contributed by atoms with E-state index in [9.17, 15) is 4.79 Å². The third-order valence-electron chi connectivity index (χ3n) is 4.61. The maximum atomic E-state index is 12.5. The molecule has 31 heavy (non-hydrogen) atoms. The van der Waals surface area contributed by atoms with Crippen LogP contribution < -0.4 is 10.1 Å². The number of amides is 1. The van der Waals surface area contributed by atoms with E-state index < -0.39 is 0 Å². The second-order valence-electron chi connectivity index (χ2n) is 6.81. The monoisotopic (exact) mass is 448 g/mol. The minimum absolute atomic E-state index is 0.156. The van der Waals surface area contributed by atoms with Gasteiger partial charge in [-0.1, -0.05) is 59.6 Å². The SMILES string of the molecule is O=C(NCc1cccc(Oc2ccccn2)c1)c1ccc(-c2ccc(Cl)c(Cl)c2)cc1. The highest BCUT2D eigenvalue weighted by atomic mass is 35.5. The molecule has 0 spiro atoms. The molecule has 1 aromatic heterocycles. The molecule has 0 fully saturated rings. The van der Waals surface area contributed by atoms with Crippen molar-refractivity contribution in [1.82, 2.24) is 10.3 Å². The Bertz CT molecular complexity index is 1200. The molecule has 0 bridgehead atoms. The fourth-order valence-corrected chi connectivity index (χ4v) is 3.32. The maximum absolute atomic E-state index is 12.5. The van der Waals surface area contributed by atoms with Crippen molar-refractivity contribution in [3.63, 3.8) is 0 Å². The first-order valence-electron chi connectivity index (χ1n) is 9.60. The molecule has 4 aromatic rings. The van der Waals surface area contributed by atoms with Crippen molar-refractivity contribution in [1.29, 1.82) is 0 Å². The van der Waals surface area contributed by atoms with E-state index >= 15 is 0 Å². The third-order valence-corrected chi connectivity index (χ3v) is 5.35. The Morgan fingerprint density at radius 1 is 0.839 bits per heavy atom. The molecule has 0 aliphatic carbocycles. The Kier molecular flexibility index (Phi) is 6.51. The number of carbonyl (C=O) groups excluding carboxylic acids is 1. The van der Waals surface area contributed by atoms with E-state index in [4.69, 9.17) is 27.9 Å². The topological polar surface area (TPSA) is 51.2 Å². The average Bonchev–Trinajstić information content (AvgIpc) is 2.80. The highest BCUT2D eigenvalue weighted by Gasteiger charge is 2.08. The minimum Gasteiger partial charge on any atom is -0.439 e. The number of nitrogens with one attached hydrogen (secondary N) is 1. The van der Waals surface area contributed by atoms with E-state index in [-0.39, 0.29) is 5.91 Å². The summed E-state index contributed by atoms with van der Waals surface area (Å²) in [4.78, 5) is 16.7. The second-order valence-corrected chi connectivity index (χ2v) is 7.62. The fraction of sp³-hybridized carbons (Fsp3) is 0.0400. The quantitative estimate of drug-likeness (QED) is 0.353. The van der Waals surface area contributed by atoms with Gasteiger partial charge in [0.05, 0.1) is 10.0 Å². The van der Waals surface area contributed by atoms with Gasteiger partial charge in [-0.25, -0.2) is 4.98 Å². The van der Waals surface area contributed by atoms with Gasteiger partial charge in [0.2, 0.25) is 5.88 Å². The molecule has 0 radical (unpaired) electrons. The van der Waals surface area contributed by atoms with Crippen LogP contribution in [-0.4, -0.2) is 10.9 Å². The number of pyridine rings is 1. The van der Waals surface area contributed by atoms with Crippen molar-refractivity contribution in [3.05, 3.63) is 112 Å². The van der Waals surface area contributed by atoms with Gasteiger partial charge < -0.3 is 10.1 Å². The summed E-state index contributed by atoms with van der Waals surface area (Å²) in [5.74, 6) is 1.03.